The molecular formula is C8H10O10. The SMILES string of the molecule is O=C(CCC(=O)OO)OO.O=C(O)/C=C\C(=O)O. The van der Waals surface area contributed by atoms with Crippen molar-refractivity contribution >= 4 is 23.9 Å². The highest BCUT2D eigenvalue weighted by Crippen LogP contribution is 1.92. The Hall–Kier alpha value is -2.46. The summed E-state index contributed by atoms with van der Waals surface area (Å²) in [6.45, 7) is 0. The van der Waals surface area contributed by atoms with Crippen LogP contribution in [-0.4, -0.2) is 44.6 Å². The van der Waals surface area contributed by atoms with Gasteiger partial charge in [0.25, 0.3) is 0 Å². The van der Waals surface area contributed by atoms with Crippen molar-refractivity contribution in [1.82, 2.24) is 0 Å². The van der Waals surface area contributed by atoms with Crippen molar-refractivity contribution < 1.29 is 49.7 Å². The molecule has 0 bridgehead atoms. The molecular weight excluding hydrogens is 256 g/mol. The van der Waals surface area contributed by atoms with Gasteiger partial charge in [0.1, 0.15) is 0 Å². The average molecular weight is 266 g/mol. The number of carbonyl (C=O) groups is 4. The van der Waals surface area contributed by atoms with Crippen LogP contribution in [-0.2, 0) is 29.0 Å². The van der Waals surface area contributed by atoms with Crippen LogP contribution in [0.4, 0.5) is 0 Å². The van der Waals surface area contributed by atoms with E-state index >= 15 is 0 Å². The minimum atomic E-state index is -1.26. The maximum atomic E-state index is 10.1. The van der Waals surface area contributed by atoms with E-state index in [0.717, 1.165) is 0 Å². The summed E-state index contributed by atoms with van der Waals surface area (Å²) >= 11 is 0. The van der Waals surface area contributed by atoms with Crippen LogP contribution in [0.3, 0.4) is 0 Å². The van der Waals surface area contributed by atoms with Crippen LogP contribution < -0.4 is 0 Å². The highest BCUT2D eigenvalue weighted by Gasteiger charge is 2.07. The lowest BCUT2D eigenvalue weighted by Crippen LogP contribution is -2.06. The predicted octanol–water partition coefficient (Wildman–Crippen LogP) is -0.489. The summed E-state index contributed by atoms with van der Waals surface area (Å²) in [4.78, 5) is 45.7. The Labute approximate surface area is 99.5 Å². The normalized spacial score (nSPS) is 9.00. The molecule has 0 fully saturated rings. The third-order valence-corrected chi connectivity index (χ3v) is 1.11. The molecule has 0 atom stereocenters. The van der Waals surface area contributed by atoms with Gasteiger partial charge in [-0.25, -0.2) is 19.2 Å². The minimum Gasteiger partial charge on any atom is -0.478 e. The molecule has 0 aromatic rings. The van der Waals surface area contributed by atoms with Crippen molar-refractivity contribution in [3.63, 3.8) is 0 Å². The number of rotatable bonds is 5. The molecule has 0 aromatic carbocycles. The molecule has 0 aliphatic carbocycles. The molecule has 0 saturated heterocycles. The van der Waals surface area contributed by atoms with Crippen molar-refractivity contribution in [2.24, 2.45) is 0 Å². The largest absolute Gasteiger partial charge is 0.478 e. The highest BCUT2D eigenvalue weighted by atomic mass is 17.1. The number of hydrogen-bond donors (Lipinski definition) is 4. The lowest BCUT2D eigenvalue weighted by atomic mass is 10.3. The van der Waals surface area contributed by atoms with Gasteiger partial charge in [-0.1, -0.05) is 0 Å². The van der Waals surface area contributed by atoms with Crippen LogP contribution in [0.5, 0.6) is 0 Å². The molecule has 102 valence electrons. The second-order valence-corrected chi connectivity index (χ2v) is 2.44. The Kier molecular flexibility index (Phi) is 11.0. The molecule has 4 N–H and O–H groups in total. The molecule has 0 heterocycles. The molecule has 0 aliphatic rings. The van der Waals surface area contributed by atoms with Gasteiger partial charge in [0.05, 0.1) is 12.8 Å². The smallest absolute Gasteiger partial charge is 0.342 e. The van der Waals surface area contributed by atoms with Crippen molar-refractivity contribution in [2.45, 2.75) is 12.8 Å². The van der Waals surface area contributed by atoms with Gasteiger partial charge in [-0.3, -0.25) is 0 Å². The summed E-state index contributed by atoms with van der Waals surface area (Å²) < 4.78 is 0. The quantitative estimate of drug-likeness (QED) is 0.289. The molecule has 0 rings (SSSR count). The van der Waals surface area contributed by atoms with Gasteiger partial charge in [-0.05, 0) is 0 Å². The van der Waals surface area contributed by atoms with E-state index in [1.165, 1.54) is 0 Å². The second kappa shape index (κ2) is 11.0. The van der Waals surface area contributed by atoms with Crippen molar-refractivity contribution in [2.75, 3.05) is 0 Å². The third kappa shape index (κ3) is 16.0. The minimum absolute atomic E-state index is 0.324. The van der Waals surface area contributed by atoms with Crippen molar-refractivity contribution in [3.8, 4) is 0 Å². The first-order chi connectivity index (χ1) is 8.33. The summed E-state index contributed by atoms with van der Waals surface area (Å²) in [5.74, 6) is -4.42. The molecule has 0 aromatic heterocycles. The Balaban J connectivity index is 0. The van der Waals surface area contributed by atoms with Crippen molar-refractivity contribution in [3.05, 3.63) is 12.2 Å². The van der Waals surface area contributed by atoms with E-state index in [1.54, 1.807) is 0 Å². The van der Waals surface area contributed by atoms with Gasteiger partial charge < -0.3 is 20.0 Å². The molecule has 0 aliphatic heterocycles. The molecule has 0 radical (unpaired) electrons. The first-order valence-corrected chi connectivity index (χ1v) is 4.15. The van der Waals surface area contributed by atoms with Crippen LogP contribution in [0.1, 0.15) is 12.8 Å². The van der Waals surface area contributed by atoms with Crippen LogP contribution in [0.15, 0.2) is 12.2 Å². The van der Waals surface area contributed by atoms with E-state index in [4.69, 9.17) is 20.7 Å². The topological polar surface area (TPSA) is 168 Å². The van der Waals surface area contributed by atoms with E-state index in [9.17, 15) is 19.2 Å². The summed E-state index contributed by atoms with van der Waals surface area (Å²) in [5, 5.41) is 30.9. The first-order valence-electron chi connectivity index (χ1n) is 4.15. The molecule has 0 spiro atoms. The first kappa shape index (κ1) is 17.9. The average Bonchev–Trinajstić information content (AvgIpc) is 2.33. The lowest BCUT2D eigenvalue weighted by molar-refractivity contribution is -0.240. The Morgan fingerprint density at radius 2 is 1.06 bits per heavy atom. The monoisotopic (exact) mass is 266 g/mol. The molecule has 10 heteroatoms. The molecule has 18 heavy (non-hydrogen) atoms. The van der Waals surface area contributed by atoms with Crippen LogP contribution in [0, 0.1) is 0 Å². The Bertz CT molecular complexity index is 299. The second-order valence-electron chi connectivity index (χ2n) is 2.44. The van der Waals surface area contributed by atoms with Crippen LogP contribution in [0.2, 0.25) is 0 Å². The highest BCUT2D eigenvalue weighted by molar-refractivity contribution is 5.89. The van der Waals surface area contributed by atoms with Crippen LogP contribution >= 0.6 is 0 Å². The van der Waals surface area contributed by atoms with E-state index < -0.39 is 23.9 Å². The van der Waals surface area contributed by atoms with Gasteiger partial charge >= 0.3 is 23.9 Å². The maximum absolute atomic E-state index is 10.1. The van der Waals surface area contributed by atoms with Crippen molar-refractivity contribution in [1.29, 1.82) is 0 Å². The Morgan fingerprint density at radius 3 is 1.22 bits per heavy atom. The van der Waals surface area contributed by atoms with E-state index in [-0.39, 0.29) is 12.8 Å². The third-order valence-electron chi connectivity index (χ3n) is 1.11. The molecule has 0 saturated carbocycles. The molecule has 0 unspecified atom stereocenters. The van der Waals surface area contributed by atoms with E-state index in [2.05, 4.69) is 9.78 Å². The fourth-order valence-electron chi connectivity index (χ4n) is 0.438. The fourth-order valence-corrected chi connectivity index (χ4v) is 0.438. The Morgan fingerprint density at radius 1 is 0.778 bits per heavy atom. The summed E-state index contributed by atoms with van der Waals surface area (Å²) in [6, 6.07) is 0. The van der Waals surface area contributed by atoms with Gasteiger partial charge in [0.15, 0.2) is 0 Å². The lowest BCUT2D eigenvalue weighted by Gasteiger charge is -1.93. The zero-order valence-electron chi connectivity index (χ0n) is 8.81. The number of aliphatic carboxylic acids is 2. The predicted molar refractivity (Wildman–Crippen MR) is 51.1 cm³/mol. The standard InChI is InChI=1S/C4H6O6.C4H4O4/c5-3(9-7)1-2-4(6)10-8;5-3(6)1-2-4(7)8/h7-8H,1-2H2;1-2H,(H,5,6)(H,7,8)/b;2-1-. The van der Waals surface area contributed by atoms with E-state index in [0.29, 0.717) is 12.2 Å². The number of carbonyl (C=O) groups excluding carboxylic acids is 2. The van der Waals surface area contributed by atoms with Gasteiger partial charge in [-0.2, -0.15) is 10.5 Å². The van der Waals surface area contributed by atoms with E-state index in [1.807, 2.05) is 0 Å². The number of hydrogen-bond acceptors (Lipinski definition) is 8. The molecule has 10 nitrogen and oxygen atoms in total. The summed E-state index contributed by atoms with van der Waals surface area (Å²) in [7, 11) is 0. The zero-order valence-corrected chi connectivity index (χ0v) is 8.81. The van der Waals surface area contributed by atoms with Gasteiger partial charge in [0, 0.05) is 12.2 Å². The van der Waals surface area contributed by atoms with Crippen LogP contribution in [0.25, 0.3) is 0 Å². The van der Waals surface area contributed by atoms with Gasteiger partial charge in [0.2, 0.25) is 0 Å². The summed E-state index contributed by atoms with van der Waals surface area (Å²) in [5.41, 5.74) is 0. The maximum Gasteiger partial charge on any atom is 0.342 e. The number of carboxylic acids is 2. The summed E-state index contributed by atoms with van der Waals surface area (Å²) in [6.07, 6.45) is 0.469. The molecule has 0 amide bonds. The van der Waals surface area contributed by atoms with Gasteiger partial charge in [-0.15, -0.1) is 0 Å². The number of carboxylic acid groups (broad SMARTS) is 2. The zero-order chi connectivity index (χ0) is 14.6. The fraction of sp³-hybridized carbons (Fsp3) is 0.250.